The Bertz CT molecular complexity index is 225. The van der Waals surface area contributed by atoms with Crippen molar-refractivity contribution >= 4 is 5.91 Å². The van der Waals surface area contributed by atoms with E-state index in [2.05, 4.69) is 10.2 Å². The Labute approximate surface area is 111 Å². The molecule has 1 amide bonds. The summed E-state index contributed by atoms with van der Waals surface area (Å²) < 4.78 is 0. The van der Waals surface area contributed by atoms with Gasteiger partial charge in [0.15, 0.2) is 0 Å². The van der Waals surface area contributed by atoms with Crippen LogP contribution in [0.5, 0.6) is 0 Å². The van der Waals surface area contributed by atoms with Crippen molar-refractivity contribution in [2.24, 2.45) is 11.7 Å². The highest BCUT2D eigenvalue weighted by molar-refractivity contribution is 5.78. The lowest BCUT2D eigenvalue weighted by molar-refractivity contribution is -0.124. The molecule has 0 saturated carbocycles. The van der Waals surface area contributed by atoms with Gasteiger partial charge in [0, 0.05) is 19.0 Å². The molecule has 3 N–H and O–H groups in total. The fraction of sp³-hybridized carbons (Fsp3) is 0.929. The summed E-state index contributed by atoms with van der Waals surface area (Å²) in [7, 11) is 0. The van der Waals surface area contributed by atoms with E-state index in [4.69, 9.17) is 5.73 Å². The van der Waals surface area contributed by atoms with E-state index in [-0.39, 0.29) is 11.8 Å². The summed E-state index contributed by atoms with van der Waals surface area (Å²) >= 11 is 0. The minimum absolute atomic E-state index is 0.0951. The summed E-state index contributed by atoms with van der Waals surface area (Å²) in [5.74, 6) is 0.274. The van der Waals surface area contributed by atoms with Crippen molar-refractivity contribution in [2.45, 2.75) is 45.4 Å². The maximum absolute atomic E-state index is 11.8. The summed E-state index contributed by atoms with van der Waals surface area (Å²) in [4.78, 5) is 14.3. The molecule has 0 aromatic carbocycles. The molecule has 4 nitrogen and oxygen atoms in total. The van der Waals surface area contributed by atoms with Gasteiger partial charge < -0.3 is 16.0 Å². The molecule has 18 heavy (non-hydrogen) atoms. The zero-order valence-corrected chi connectivity index (χ0v) is 11.8. The smallest absolute Gasteiger partial charge is 0.222 e. The Morgan fingerprint density at radius 1 is 1.28 bits per heavy atom. The van der Waals surface area contributed by atoms with Crippen LogP contribution in [0.1, 0.15) is 45.4 Å². The van der Waals surface area contributed by atoms with Crippen LogP contribution in [0.15, 0.2) is 0 Å². The first-order chi connectivity index (χ1) is 8.74. The van der Waals surface area contributed by atoms with E-state index in [1.54, 1.807) is 0 Å². The van der Waals surface area contributed by atoms with Crippen molar-refractivity contribution in [2.75, 3.05) is 32.7 Å². The van der Waals surface area contributed by atoms with E-state index in [0.29, 0.717) is 6.54 Å². The molecular formula is C14H29N3O. The Kier molecular flexibility index (Phi) is 8.01. The van der Waals surface area contributed by atoms with Crippen molar-refractivity contribution in [3.63, 3.8) is 0 Å². The second-order valence-corrected chi connectivity index (χ2v) is 5.38. The topological polar surface area (TPSA) is 58.4 Å². The number of nitrogens with two attached hydrogens (primary N) is 1. The first-order valence-electron chi connectivity index (χ1n) is 7.44. The van der Waals surface area contributed by atoms with Crippen molar-refractivity contribution < 1.29 is 4.79 Å². The van der Waals surface area contributed by atoms with Crippen LogP contribution in [0.2, 0.25) is 0 Å². The molecular weight excluding hydrogens is 226 g/mol. The van der Waals surface area contributed by atoms with E-state index in [1.807, 2.05) is 6.92 Å². The van der Waals surface area contributed by atoms with Gasteiger partial charge in [0.05, 0.1) is 0 Å². The van der Waals surface area contributed by atoms with Crippen molar-refractivity contribution in [1.82, 2.24) is 10.2 Å². The zero-order chi connectivity index (χ0) is 13.2. The second-order valence-electron chi connectivity index (χ2n) is 5.38. The van der Waals surface area contributed by atoms with Gasteiger partial charge in [-0.3, -0.25) is 4.79 Å². The lowest BCUT2D eigenvalue weighted by Gasteiger charge is -2.20. The van der Waals surface area contributed by atoms with Crippen LogP contribution in [-0.2, 0) is 4.79 Å². The molecule has 1 aliphatic rings. The summed E-state index contributed by atoms with van der Waals surface area (Å²) in [5.41, 5.74) is 5.45. The van der Waals surface area contributed by atoms with E-state index >= 15 is 0 Å². The Morgan fingerprint density at radius 3 is 2.56 bits per heavy atom. The van der Waals surface area contributed by atoms with Crippen molar-refractivity contribution in [1.29, 1.82) is 0 Å². The van der Waals surface area contributed by atoms with Crippen LogP contribution in [0, 0.1) is 5.92 Å². The van der Waals surface area contributed by atoms with Crippen LogP contribution < -0.4 is 11.1 Å². The van der Waals surface area contributed by atoms with Gasteiger partial charge >= 0.3 is 0 Å². The van der Waals surface area contributed by atoms with E-state index in [9.17, 15) is 4.79 Å². The minimum atomic E-state index is 0.0951. The van der Waals surface area contributed by atoms with E-state index in [1.165, 1.54) is 38.8 Å². The summed E-state index contributed by atoms with van der Waals surface area (Å²) in [6, 6.07) is 0. The largest absolute Gasteiger partial charge is 0.355 e. The number of rotatable bonds is 7. The molecule has 106 valence electrons. The maximum atomic E-state index is 11.8. The zero-order valence-electron chi connectivity index (χ0n) is 11.8. The number of amides is 1. The number of hydrogen-bond donors (Lipinski definition) is 2. The van der Waals surface area contributed by atoms with Crippen LogP contribution in [-0.4, -0.2) is 43.5 Å². The SMILES string of the molecule is CC(CCCN)C(=O)NCCN1CCCCCC1. The van der Waals surface area contributed by atoms with Gasteiger partial charge in [0.1, 0.15) is 0 Å². The third-order valence-electron chi connectivity index (χ3n) is 3.71. The van der Waals surface area contributed by atoms with Gasteiger partial charge in [-0.1, -0.05) is 19.8 Å². The fourth-order valence-electron chi connectivity index (χ4n) is 2.43. The highest BCUT2D eigenvalue weighted by Crippen LogP contribution is 2.09. The predicted octanol–water partition coefficient (Wildman–Crippen LogP) is 1.35. The number of hydrogen-bond acceptors (Lipinski definition) is 3. The van der Waals surface area contributed by atoms with E-state index in [0.717, 1.165) is 25.9 Å². The molecule has 0 radical (unpaired) electrons. The summed E-state index contributed by atoms with van der Waals surface area (Å²) in [6.45, 7) is 6.82. The Morgan fingerprint density at radius 2 is 1.94 bits per heavy atom. The lowest BCUT2D eigenvalue weighted by atomic mass is 10.1. The van der Waals surface area contributed by atoms with E-state index < -0.39 is 0 Å². The minimum Gasteiger partial charge on any atom is -0.355 e. The molecule has 1 saturated heterocycles. The van der Waals surface area contributed by atoms with Gasteiger partial charge in [-0.2, -0.15) is 0 Å². The van der Waals surface area contributed by atoms with Gasteiger partial charge in [-0.25, -0.2) is 0 Å². The molecule has 1 unspecified atom stereocenters. The fourth-order valence-corrected chi connectivity index (χ4v) is 2.43. The van der Waals surface area contributed by atoms with Gasteiger partial charge in [0.25, 0.3) is 0 Å². The lowest BCUT2D eigenvalue weighted by Crippen LogP contribution is -2.37. The molecule has 0 aromatic rings. The highest BCUT2D eigenvalue weighted by atomic mass is 16.1. The molecule has 0 bridgehead atoms. The number of nitrogens with zero attached hydrogens (tertiary/aromatic N) is 1. The molecule has 1 atom stereocenters. The van der Waals surface area contributed by atoms with Crippen LogP contribution in [0.4, 0.5) is 0 Å². The van der Waals surface area contributed by atoms with Crippen LogP contribution in [0.3, 0.4) is 0 Å². The molecule has 0 spiro atoms. The van der Waals surface area contributed by atoms with Crippen LogP contribution >= 0.6 is 0 Å². The number of carbonyl (C=O) groups is 1. The quantitative estimate of drug-likeness (QED) is 0.722. The third-order valence-corrected chi connectivity index (χ3v) is 3.71. The summed E-state index contributed by atoms with van der Waals surface area (Å²) in [5, 5.41) is 3.04. The molecule has 0 aromatic heterocycles. The Balaban J connectivity index is 2.10. The molecule has 1 heterocycles. The normalized spacial score (nSPS) is 19.2. The third kappa shape index (κ3) is 6.36. The molecule has 0 aliphatic carbocycles. The summed E-state index contributed by atoms with van der Waals surface area (Å²) in [6.07, 6.45) is 7.16. The van der Waals surface area contributed by atoms with Gasteiger partial charge in [-0.05, 0) is 45.3 Å². The predicted molar refractivity (Wildman–Crippen MR) is 75.4 cm³/mol. The standard InChI is InChI=1S/C14H29N3O/c1-13(7-6-8-15)14(18)16-9-12-17-10-4-2-3-5-11-17/h13H,2-12,15H2,1H3,(H,16,18). The highest BCUT2D eigenvalue weighted by Gasteiger charge is 2.13. The van der Waals surface area contributed by atoms with Crippen LogP contribution in [0.25, 0.3) is 0 Å². The number of likely N-dealkylation sites (tertiary alicyclic amines) is 1. The number of nitrogens with one attached hydrogen (secondary N) is 1. The first kappa shape index (κ1) is 15.4. The Hall–Kier alpha value is -0.610. The monoisotopic (exact) mass is 255 g/mol. The molecule has 4 heteroatoms. The average Bonchev–Trinajstić information content (AvgIpc) is 2.64. The van der Waals surface area contributed by atoms with Crippen molar-refractivity contribution in [3.8, 4) is 0 Å². The van der Waals surface area contributed by atoms with Gasteiger partial charge in [0.2, 0.25) is 5.91 Å². The number of carbonyl (C=O) groups excluding carboxylic acids is 1. The molecule has 1 fully saturated rings. The molecule has 1 rings (SSSR count). The first-order valence-corrected chi connectivity index (χ1v) is 7.44. The average molecular weight is 255 g/mol. The second kappa shape index (κ2) is 9.34. The van der Waals surface area contributed by atoms with Crippen molar-refractivity contribution in [3.05, 3.63) is 0 Å². The van der Waals surface area contributed by atoms with Gasteiger partial charge in [-0.15, -0.1) is 0 Å². The maximum Gasteiger partial charge on any atom is 0.222 e. The molecule has 1 aliphatic heterocycles.